The molecule has 0 unspecified atom stereocenters. The molecule has 0 aliphatic carbocycles. The van der Waals surface area contributed by atoms with Crippen LogP contribution in [0.25, 0.3) is 0 Å². The SMILES string of the molecule is CCc1cc(OC)c(O)c(CCC(=O)O)c1Br. The number of benzene rings is 1. The highest BCUT2D eigenvalue weighted by Gasteiger charge is 2.16. The Kier molecular flexibility index (Phi) is 4.81. The van der Waals surface area contributed by atoms with Crippen LogP contribution in [0.2, 0.25) is 0 Å². The van der Waals surface area contributed by atoms with Gasteiger partial charge in [0.2, 0.25) is 0 Å². The molecule has 1 aromatic carbocycles. The quantitative estimate of drug-likeness (QED) is 0.877. The number of aryl methyl sites for hydroxylation is 1. The van der Waals surface area contributed by atoms with Gasteiger partial charge in [0, 0.05) is 16.5 Å². The first-order valence-electron chi connectivity index (χ1n) is 5.30. The van der Waals surface area contributed by atoms with Crippen LogP contribution in [0.5, 0.6) is 11.5 Å². The summed E-state index contributed by atoms with van der Waals surface area (Å²) >= 11 is 3.40. The van der Waals surface area contributed by atoms with Gasteiger partial charge in [-0.3, -0.25) is 4.79 Å². The van der Waals surface area contributed by atoms with Crippen LogP contribution < -0.4 is 4.74 Å². The smallest absolute Gasteiger partial charge is 0.303 e. The first kappa shape index (κ1) is 13.8. The van der Waals surface area contributed by atoms with Crippen LogP contribution in [0, 0.1) is 0 Å². The maximum absolute atomic E-state index is 10.6. The number of carbonyl (C=O) groups is 1. The molecule has 0 saturated carbocycles. The average Bonchev–Trinajstić information content (AvgIpc) is 2.29. The maximum atomic E-state index is 10.6. The second kappa shape index (κ2) is 5.91. The number of phenols is 1. The maximum Gasteiger partial charge on any atom is 0.303 e. The van der Waals surface area contributed by atoms with Gasteiger partial charge in [-0.1, -0.05) is 22.9 Å². The van der Waals surface area contributed by atoms with E-state index in [1.165, 1.54) is 7.11 Å². The summed E-state index contributed by atoms with van der Waals surface area (Å²) in [7, 11) is 1.48. The Bertz CT molecular complexity index is 401. The first-order valence-corrected chi connectivity index (χ1v) is 6.09. The lowest BCUT2D eigenvalue weighted by atomic mass is 10.0. The lowest BCUT2D eigenvalue weighted by Crippen LogP contribution is -2.01. The number of phenolic OH excluding ortho intramolecular Hbond substituents is 1. The number of carboxylic acids is 1. The van der Waals surface area contributed by atoms with Crippen LogP contribution in [0.15, 0.2) is 10.5 Å². The minimum Gasteiger partial charge on any atom is -0.504 e. The van der Waals surface area contributed by atoms with Crippen molar-refractivity contribution in [2.24, 2.45) is 0 Å². The molecule has 0 aliphatic heterocycles. The number of hydrogen-bond acceptors (Lipinski definition) is 3. The molecule has 5 heteroatoms. The molecule has 17 heavy (non-hydrogen) atoms. The molecule has 94 valence electrons. The first-order chi connectivity index (χ1) is 8.01. The number of carboxylic acid groups (broad SMARTS) is 1. The summed E-state index contributed by atoms with van der Waals surface area (Å²) in [4.78, 5) is 10.6. The number of halogens is 1. The van der Waals surface area contributed by atoms with Crippen LogP contribution in [-0.4, -0.2) is 23.3 Å². The van der Waals surface area contributed by atoms with Crippen LogP contribution in [-0.2, 0) is 17.6 Å². The van der Waals surface area contributed by atoms with E-state index in [2.05, 4.69) is 15.9 Å². The van der Waals surface area contributed by atoms with Gasteiger partial charge in [-0.15, -0.1) is 0 Å². The molecule has 0 spiro atoms. The van der Waals surface area contributed by atoms with E-state index in [1.54, 1.807) is 6.07 Å². The summed E-state index contributed by atoms with van der Waals surface area (Å²) in [5.41, 5.74) is 1.57. The highest BCUT2D eigenvalue weighted by Crippen LogP contribution is 2.38. The third-order valence-corrected chi connectivity index (χ3v) is 3.55. The van der Waals surface area contributed by atoms with E-state index < -0.39 is 5.97 Å². The van der Waals surface area contributed by atoms with Gasteiger partial charge in [0.1, 0.15) is 0 Å². The summed E-state index contributed by atoms with van der Waals surface area (Å²) in [6.45, 7) is 1.98. The van der Waals surface area contributed by atoms with Crippen molar-refractivity contribution in [3.05, 3.63) is 21.7 Å². The monoisotopic (exact) mass is 302 g/mol. The zero-order valence-electron chi connectivity index (χ0n) is 9.79. The van der Waals surface area contributed by atoms with E-state index in [-0.39, 0.29) is 18.6 Å². The molecule has 0 atom stereocenters. The van der Waals surface area contributed by atoms with Gasteiger partial charge in [0.05, 0.1) is 7.11 Å². The van der Waals surface area contributed by atoms with E-state index in [0.29, 0.717) is 11.3 Å². The molecule has 0 bridgehead atoms. The number of methoxy groups -OCH3 is 1. The van der Waals surface area contributed by atoms with Crippen molar-refractivity contribution in [2.75, 3.05) is 7.11 Å². The molecule has 0 amide bonds. The highest BCUT2D eigenvalue weighted by atomic mass is 79.9. The number of aromatic hydroxyl groups is 1. The Labute approximate surface area is 108 Å². The fourth-order valence-corrected chi connectivity index (χ4v) is 2.39. The Morgan fingerprint density at radius 1 is 1.53 bits per heavy atom. The van der Waals surface area contributed by atoms with Gasteiger partial charge in [0.25, 0.3) is 0 Å². The van der Waals surface area contributed by atoms with Crippen molar-refractivity contribution in [3.63, 3.8) is 0 Å². The second-order valence-electron chi connectivity index (χ2n) is 3.63. The van der Waals surface area contributed by atoms with E-state index >= 15 is 0 Å². The minimum absolute atomic E-state index is 0.0119. The van der Waals surface area contributed by atoms with E-state index in [4.69, 9.17) is 9.84 Å². The Morgan fingerprint density at radius 3 is 2.65 bits per heavy atom. The summed E-state index contributed by atoms with van der Waals surface area (Å²) < 4.78 is 5.84. The molecule has 0 saturated heterocycles. The topological polar surface area (TPSA) is 66.8 Å². The fraction of sp³-hybridized carbons (Fsp3) is 0.417. The summed E-state index contributed by atoms with van der Waals surface area (Å²) in [6.07, 6.45) is 1.02. The van der Waals surface area contributed by atoms with Crippen molar-refractivity contribution in [3.8, 4) is 11.5 Å². The predicted molar refractivity (Wildman–Crippen MR) is 67.7 cm³/mol. The van der Waals surface area contributed by atoms with Crippen molar-refractivity contribution < 1.29 is 19.7 Å². The fourth-order valence-electron chi connectivity index (χ4n) is 1.61. The molecule has 0 aliphatic rings. The van der Waals surface area contributed by atoms with Crippen LogP contribution in [0.3, 0.4) is 0 Å². The van der Waals surface area contributed by atoms with E-state index in [9.17, 15) is 9.90 Å². The second-order valence-corrected chi connectivity index (χ2v) is 4.42. The summed E-state index contributed by atoms with van der Waals surface area (Å²) in [5.74, 6) is -0.500. The lowest BCUT2D eigenvalue weighted by molar-refractivity contribution is -0.136. The van der Waals surface area contributed by atoms with Gasteiger partial charge >= 0.3 is 5.97 Å². The molecular weight excluding hydrogens is 288 g/mol. The molecular formula is C12H15BrO4. The van der Waals surface area contributed by atoms with Crippen molar-refractivity contribution in [1.29, 1.82) is 0 Å². The van der Waals surface area contributed by atoms with Crippen LogP contribution in [0.4, 0.5) is 0 Å². The molecule has 0 fully saturated rings. The highest BCUT2D eigenvalue weighted by molar-refractivity contribution is 9.10. The van der Waals surface area contributed by atoms with Crippen molar-refractivity contribution in [2.45, 2.75) is 26.2 Å². The molecule has 4 nitrogen and oxygen atoms in total. The largest absolute Gasteiger partial charge is 0.504 e. The standard InChI is InChI=1S/C12H15BrO4/c1-3-7-6-9(17-2)12(16)8(11(7)13)4-5-10(14)15/h6,16H,3-5H2,1-2H3,(H,14,15). The van der Waals surface area contributed by atoms with E-state index in [0.717, 1.165) is 16.5 Å². The Morgan fingerprint density at radius 2 is 2.18 bits per heavy atom. The molecule has 2 N–H and O–H groups in total. The number of aliphatic carboxylic acids is 1. The Balaban J connectivity index is 3.19. The number of rotatable bonds is 5. The zero-order valence-corrected chi connectivity index (χ0v) is 11.4. The van der Waals surface area contributed by atoms with Gasteiger partial charge < -0.3 is 14.9 Å². The lowest BCUT2D eigenvalue weighted by Gasteiger charge is -2.14. The van der Waals surface area contributed by atoms with Gasteiger partial charge in [0.15, 0.2) is 11.5 Å². The number of hydrogen-bond donors (Lipinski definition) is 2. The van der Waals surface area contributed by atoms with Crippen molar-refractivity contribution in [1.82, 2.24) is 0 Å². The van der Waals surface area contributed by atoms with Gasteiger partial charge in [-0.2, -0.15) is 0 Å². The molecule has 0 aromatic heterocycles. The summed E-state index contributed by atoms with van der Waals surface area (Å²) in [5, 5.41) is 18.6. The van der Waals surface area contributed by atoms with Gasteiger partial charge in [-0.25, -0.2) is 0 Å². The van der Waals surface area contributed by atoms with Crippen LogP contribution in [0.1, 0.15) is 24.5 Å². The Hall–Kier alpha value is -1.23. The third-order valence-electron chi connectivity index (χ3n) is 2.56. The third kappa shape index (κ3) is 3.12. The average molecular weight is 303 g/mol. The minimum atomic E-state index is -0.892. The molecule has 1 rings (SSSR count). The zero-order chi connectivity index (χ0) is 13.0. The number of ether oxygens (including phenoxy) is 1. The molecule has 0 radical (unpaired) electrons. The van der Waals surface area contributed by atoms with Crippen LogP contribution >= 0.6 is 15.9 Å². The summed E-state index contributed by atoms with van der Waals surface area (Å²) in [6, 6.07) is 1.75. The van der Waals surface area contributed by atoms with Crippen molar-refractivity contribution >= 4 is 21.9 Å². The van der Waals surface area contributed by atoms with E-state index in [1.807, 2.05) is 6.92 Å². The normalized spacial score (nSPS) is 10.3. The van der Waals surface area contributed by atoms with Gasteiger partial charge in [-0.05, 0) is 24.5 Å². The molecule has 1 aromatic rings. The molecule has 0 heterocycles. The predicted octanol–water partition coefficient (Wildman–Crippen LogP) is 2.74.